The topological polar surface area (TPSA) is 58.6 Å². The monoisotopic (exact) mass is 338 g/mol. The van der Waals surface area contributed by atoms with Gasteiger partial charge in [-0.3, -0.25) is 9.59 Å². The van der Waals surface area contributed by atoms with Crippen molar-refractivity contribution in [2.24, 2.45) is 0 Å². The number of amides is 1. The van der Waals surface area contributed by atoms with E-state index in [1.54, 1.807) is 6.07 Å². The SMILES string of the molecule is CCC1COCCN1c1cc2c(cc1Br)C(=O)C(=O)N2. The molecule has 0 bridgehead atoms. The van der Waals surface area contributed by atoms with Crippen LogP contribution in [0.25, 0.3) is 0 Å². The number of Topliss-reactive ketones (excluding diaryl/α,β-unsaturated/α-hetero) is 1. The minimum absolute atomic E-state index is 0.311. The number of nitrogens with one attached hydrogen (secondary N) is 1. The van der Waals surface area contributed by atoms with Crippen LogP contribution in [0.15, 0.2) is 16.6 Å². The van der Waals surface area contributed by atoms with Crippen molar-refractivity contribution < 1.29 is 14.3 Å². The summed E-state index contributed by atoms with van der Waals surface area (Å²) in [6, 6.07) is 3.91. The third-order valence-electron chi connectivity index (χ3n) is 3.79. The molecule has 2 heterocycles. The highest BCUT2D eigenvalue weighted by molar-refractivity contribution is 9.10. The summed E-state index contributed by atoms with van der Waals surface area (Å²) < 4.78 is 6.35. The van der Waals surface area contributed by atoms with Crippen molar-refractivity contribution in [2.75, 3.05) is 30.0 Å². The number of nitrogens with zero attached hydrogens (tertiary/aromatic N) is 1. The van der Waals surface area contributed by atoms with E-state index in [1.165, 1.54) is 0 Å². The molecule has 2 aliphatic heterocycles. The molecule has 1 N–H and O–H groups in total. The van der Waals surface area contributed by atoms with Crippen LogP contribution in [0.2, 0.25) is 0 Å². The molecule has 3 rings (SSSR count). The molecular weight excluding hydrogens is 324 g/mol. The molecule has 1 atom stereocenters. The quantitative estimate of drug-likeness (QED) is 0.840. The van der Waals surface area contributed by atoms with E-state index in [9.17, 15) is 9.59 Å². The van der Waals surface area contributed by atoms with E-state index >= 15 is 0 Å². The second-order valence-corrected chi connectivity index (χ2v) is 5.82. The highest BCUT2D eigenvalue weighted by Crippen LogP contribution is 2.36. The van der Waals surface area contributed by atoms with E-state index in [4.69, 9.17) is 4.74 Å². The van der Waals surface area contributed by atoms with E-state index < -0.39 is 11.7 Å². The minimum Gasteiger partial charge on any atom is -0.377 e. The van der Waals surface area contributed by atoms with Crippen LogP contribution in [0.3, 0.4) is 0 Å². The van der Waals surface area contributed by atoms with Crippen LogP contribution < -0.4 is 10.2 Å². The van der Waals surface area contributed by atoms with Gasteiger partial charge in [-0.15, -0.1) is 0 Å². The fourth-order valence-electron chi connectivity index (χ4n) is 2.68. The fraction of sp³-hybridized carbons (Fsp3) is 0.429. The molecule has 0 spiro atoms. The summed E-state index contributed by atoms with van der Waals surface area (Å²) in [5.41, 5.74) is 2.03. The predicted octanol–water partition coefficient (Wildman–Crippen LogP) is 2.20. The third-order valence-corrected chi connectivity index (χ3v) is 4.43. The van der Waals surface area contributed by atoms with E-state index in [0.29, 0.717) is 30.5 Å². The lowest BCUT2D eigenvalue weighted by Gasteiger charge is -2.37. The number of carbonyl (C=O) groups is 2. The van der Waals surface area contributed by atoms with Crippen molar-refractivity contribution >= 4 is 39.0 Å². The highest BCUT2D eigenvalue weighted by atomic mass is 79.9. The number of ether oxygens (including phenoxy) is 1. The Bertz CT molecular complexity index is 588. The van der Waals surface area contributed by atoms with Gasteiger partial charge in [0.05, 0.1) is 36.2 Å². The second-order valence-electron chi connectivity index (χ2n) is 4.96. The fourth-order valence-corrected chi connectivity index (χ4v) is 3.26. The van der Waals surface area contributed by atoms with Gasteiger partial charge in [-0.2, -0.15) is 0 Å². The molecule has 1 unspecified atom stereocenters. The molecule has 5 nitrogen and oxygen atoms in total. The number of rotatable bonds is 2. The predicted molar refractivity (Wildman–Crippen MR) is 79.3 cm³/mol. The van der Waals surface area contributed by atoms with Crippen LogP contribution in [0, 0.1) is 0 Å². The molecule has 1 aromatic carbocycles. The lowest BCUT2D eigenvalue weighted by atomic mass is 10.1. The van der Waals surface area contributed by atoms with Crippen LogP contribution >= 0.6 is 15.9 Å². The van der Waals surface area contributed by atoms with Crippen molar-refractivity contribution in [1.29, 1.82) is 0 Å². The highest BCUT2D eigenvalue weighted by Gasteiger charge is 2.31. The number of hydrogen-bond donors (Lipinski definition) is 1. The Hall–Kier alpha value is -1.40. The molecule has 1 amide bonds. The summed E-state index contributed by atoms with van der Waals surface area (Å²) in [7, 11) is 0. The van der Waals surface area contributed by atoms with Gasteiger partial charge in [0.2, 0.25) is 0 Å². The average Bonchev–Trinajstić information content (AvgIpc) is 2.73. The second kappa shape index (κ2) is 5.18. The zero-order valence-corrected chi connectivity index (χ0v) is 12.7. The van der Waals surface area contributed by atoms with Gasteiger partial charge in [0.1, 0.15) is 0 Å². The standard InChI is InChI=1S/C14H15BrN2O3/c1-2-8-7-20-4-3-17(8)12-6-11-9(5-10(12)15)13(18)14(19)16-11/h5-6,8H,2-4,7H2,1H3,(H,16,18,19). The molecule has 1 saturated heterocycles. The first-order chi connectivity index (χ1) is 9.61. The number of carbonyl (C=O) groups excluding carboxylic acids is 2. The molecule has 0 aromatic heterocycles. The summed E-state index contributed by atoms with van der Waals surface area (Å²) in [4.78, 5) is 25.4. The summed E-state index contributed by atoms with van der Waals surface area (Å²) in [5, 5.41) is 2.62. The van der Waals surface area contributed by atoms with Crippen LogP contribution in [-0.4, -0.2) is 37.5 Å². The van der Waals surface area contributed by atoms with Gasteiger partial charge >= 0.3 is 0 Å². The smallest absolute Gasteiger partial charge is 0.296 e. The Labute approximate surface area is 125 Å². The number of halogens is 1. The molecule has 6 heteroatoms. The molecule has 0 saturated carbocycles. The number of hydrogen-bond acceptors (Lipinski definition) is 4. The maximum atomic E-state index is 11.7. The van der Waals surface area contributed by atoms with Crippen molar-refractivity contribution in [1.82, 2.24) is 0 Å². The van der Waals surface area contributed by atoms with Gasteiger partial charge in [0.25, 0.3) is 11.7 Å². The largest absolute Gasteiger partial charge is 0.377 e. The molecule has 2 aliphatic rings. The van der Waals surface area contributed by atoms with E-state index in [-0.39, 0.29) is 0 Å². The van der Waals surface area contributed by atoms with E-state index in [1.807, 2.05) is 6.07 Å². The number of benzene rings is 1. The molecule has 106 valence electrons. The van der Waals surface area contributed by atoms with Gasteiger partial charge in [0.15, 0.2) is 0 Å². The Morgan fingerprint density at radius 3 is 3.00 bits per heavy atom. The zero-order chi connectivity index (χ0) is 14.3. The molecule has 1 aromatic rings. The Balaban J connectivity index is 2.01. The average molecular weight is 339 g/mol. The van der Waals surface area contributed by atoms with Crippen LogP contribution in [0.1, 0.15) is 23.7 Å². The number of anilines is 2. The lowest BCUT2D eigenvalue weighted by Crippen LogP contribution is -2.45. The molecule has 1 fully saturated rings. The summed E-state index contributed by atoms with van der Waals surface area (Å²) in [6.07, 6.45) is 0.981. The first-order valence-electron chi connectivity index (χ1n) is 6.65. The number of ketones is 1. The van der Waals surface area contributed by atoms with Crippen LogP contribution in [0.4, 0.5) is 11.4 Å². The Morgan fingerprint density at radius 2 is 2.25 bits per heavy atom. The maximum absolute atomic E-state index is 11.7. The maximum Gasteiger partial charge on any atom is 0.296 e. The first-order valence-corrected chi connectivity index (χ1v) is 7.44. The Kier molecular flexibility index (Phi) is 3.52. The summed E-state index contributed by atoms with van der Waals surface area (Å²) in [6.45, 7) is 4.31. The molecule has 0 aliphatic carbocycles. The van der Waals surface area contributed by atoms with Crippen LogP contribution in [0.5, 0.6) is 0 Å². The van der Waals surface area contributed by atoms with Gasteiger partial charge < -0.3 is 15.0 Å². The molecular formula is C14H15BrN2O3. The van der Waals surface area contributed by atoms with Gasteiger partial charge in [-0.1, -0.05) is 6.92 Å². The lowest BCUT2D eigenvalue weighted by molar-refractivity contribution is -0.112. The first kappa shape index (κ1) is 13.6. The zero-order valence-electron chi connectivity index (χ0n) is 11.1. The van der Waals surface area contributed by atoms with Crippen molar-refractivity contribution in [3.63, 3.8) is 0 Å². The summed E-state index contributed by atoms with van der Waals surface area (Å²) in [5.74, 6) is -1.03. The van der Waals surface area contributed by atoms with Gasteiger partial charge in [-0.25, -0.2) is 0 Å². The van der Waals surface area contributed by atoms with Crippen molar-refractivity contribution in [3.8, 4) is 0 Å². The number of fused-ring (bicyclic) bond motifs is 1. The van der Waals surface area contributed by atoms with Crippen molar-refractivity contribution in [2.45, 2.75) is 19.4 Å². The van der Waals surface area contributed by atoms with Gasteiger partial charge in [-0.05, 0) is 34.5 Å². The number of morpholine rings is 1. The van der Waals surface area contributed by atoms with Crippen molar-refractivity contribution in [3.05, 3.63) is 22.2 Å². The third kappa shape index (κ3) is 2.13. The van der Waals surface area contributed by atoms with E-state index in [2.05, 4.69) is 33.1 Å². The summed E-state index contributed by atoms with van der Waals surface area (Å²) >= 11 is 3.52. The Morgan fingerprint density at radius 1 is 1.45 bits per heavy atom. The van der Waals surface area contributed by atoms with E-state index in [0.717, 1.165) is 23.1 Å². The molecule has 20 heavy (non-hydrogen) atoms. The van der Waals surface area contributed by atoms with Crippen LogP contribution in [-0.2, 0) is 9.53 Å². The normalized spacial score (nSPS) is 21.9. The van der Waals surface area contributed by atoms with Gasteiger partial charge in [0, 0.05) is 11.0 Å². The molecule has 0 radical (unpaired) electrons. The minimum atomic E-state index is -0.557.